The van der Waals surface area contributed by atoms with E-state index in [0.29, 0.717) is 29.5 Å². The summed E-state index contributed by atoms with van der Waals surface area (Å²) in [6.45, 7) is 9.82. The quantitative estimate of drug-likeness (QED) is 0.216. The normalized spacial score (nSPS) is 12.2. The molecule has 0 saturated carbocycles. The first-order chi connectivity index (χ1) is 19.4. The zero-order valence-electron chi connectivity index (χ0n) is 22.7. The highest BCUT2D eigenvalue weighted by molar-refractivity contribution is 5.80. The molecule has 3 N–H and O–H groups in total. The highest BCUT2D eigenvalue weighted by Crippen LogP contribution is 2.30. The van der Waals surface area contributed by atoms with E-state index < -0.39 is 11.9 Å². The Labute approximate surface area is 232 Å². The molecule has 0 saturated heterocycles. The van der Waals surface area contributed by atoms with Gasteiger partial charge in [-0.1, -0.05) is 98.4 Å². The van der Waals surface area contributed by atoms with Crippen molar-refractivity contribution < 1.29 is 9.63 Å². The summed E-state index contributed by atoms with van der Waals surface area (Å²) in [5, 5.41) is 17.9. The lowest BCUT2D eigenvalue weighted by molar-refractivity contribution is 0.217. The molecule has 1 atom stereocenters. The highest BCUT2D eigenvalue weighted by atomic mass is 16.5. The van der Waals surface area contributed by atoms with Gasteiger partial charge in [-0.2, -0.15) is 0 Å². The first kappa shape index (κ1) is 28.3. The molecule has 206 valence electrons. The number of rotatable bonds is 12. The zero-order chi connectivity index (χ0) is 28.6. The smallest absolute Gasteiger partial charge is 0.383 e. The van der Waals surface area contributed by atoms with Crippen LogP contribution in [-0.2, 0) is 13.0 Å². The summed E-state index contributed by atoms with van der Waals surface area (Å²) in [5.41, 5.74) is 3.69. The van der Waals surface area contributed by atoms with Gasteiger partial charge in [-0.15, -0.1) is 0 Å². The minimum Gasteiger partial charge on any atom is -0.383 e. The average Bonchev–Trinajstić information content (AvgIpc) is 3.42. The monoisotopic (exact) mass is 539 g/mol. The molecule has 2 aromatic heterocycles. The zero-order valence-corrected chi connectivity index (χ0v) is 22.7. The summed E-state index contributed by atoms with van der Waals surface area (Å²) >= 11 is 0. The van der Waals surface area contributed by atoms with Crippen molar-refractivity contribution in [3.63, 3.8) is 0 Å². The topological polar surface area (TPSA) is 126 Å². The van der Waals surface area contributed by atoms with E-state index in [1.807, 2.05) is 48.5 Å². The Balaban J connectivity index is 1.75. The molecule has 1 unspecified atom stereocenters. The number of aromatic nitrogens is 4. The molecular formula is C31H33N5O4. The molecule has 9 heteroatoms. The van der Waals surface area contributed by atoms with Gasteiger partial charge in [0, 0.05) is 19.0 Å². The van der Waals surface area contributed by atoms with Crippen molar-refractivity contribution >= 4 is 5.82 Å². The first-order valence-corrected chi connectivity index (χ1v) is 13.1. The van der Waals surface area contributed by atoms with E-state index in [1.165, 1.54) is 6.08 Å². The summed E-state index contributed by atoms with van der Waals surface area (Å²) in [4.78, 5) is 32.7. The average molecular weight is 540 g/mol. The number of nitrogens with zero attached hydrogens (tertiary/aromatic N) is 3. The standard InChI is InChI=1S/C31H33N5O4/c1-5-8-14-25-33-29(32-4)26(27(37)21(7-3)11-6-2)30(38)36(25)19-20-15-17-22(18-16-20)23-12-9-10-13-24(23)28-34-31(39)40-35-28/h6-7,9-13,15-18,27,32,37H,2-3,5,8,14,19H2,1,4H3,(H,34,35,39)/b21-11+. The van der Waals surface area contributed by atoms with Crippen LogP contribution in [0.1, 0.15) is 42.8 Å². The molecule has 0 aliphatic carbocycles. The largest absolute Gasteiger partial charge is 0.439 e. The van der Waals surface area contributed by atoms with Crippen LogP contribution in [0.25, 0.3) is 22.5 Å². The van der Waals surface area contributed by atoms with E-state index in [-0.39, 0.29) is 17.7 Å². The van der Waals surface area contributed by atoms with Crippen molar-refractivity contribution in [3.05, 3.63) is 123 Å². The number of anilines is 1. The van der Waals surface area contributed by atoms with Crippen molar-refractivity contribution in [3.8, 4) is 22.5 Å². The van der Waals surface area contributed by atoms with Crippen LogP contribution in [-0.4, -0.2) is 31.8 Å². The van der Waals surface area contributed by atoms with Gasteiger partial charge in [0.15, 0.2) is 5.82 Å². The molecule has 0 amide bonds. The molecule has 0 spiro atoms. The molecule has 9 nitrogen and oxygen atoms in total. The number of nitrogens with one attached hydrogen (secondary N) is 2. The fraction of sp³-hybridized carbons (Fsp3) is 0.226. The van der Waals surface area contributed by atoms with Crippen molar-refractivity contribution in [1.29, 1.82) is 0 Å². The number of H-pyrrole nitrogens is 1. The molecule has 0 aliphatic heterocycles. The fourth-order valence-corrected chi connectivity index (χ4v) is 4.57. The van der Waals surface area contributed by atoms with Crippen molar-refractivity contribution in [2.24, 2.45) is 0 Å². The Hall–Kier alpha value is -4.76. The maximum atomic E-state index is 13.9. The summed E-state index contributed by atoms with van der Waals surface area (Å²) in [7, 11) is 1.68. The number of aliphatic hydroxyl groups excluding tert-OH is 1. The van der Waals surface area contributed by atoms with E-state index in [9.17, 15) is 14.7 Å². The second-order valence-corrected chi connectivity index (χ2v) is 9.23. The third-order valence-corrected chi connectivity index (χ3v) is 6.64. The molecule has 4 aromatic rings. The van der Waals surface area contributed by atoms with Gasteiger partial charge < -0.3 is 10.4 Å². The molecule has 0 bridgehead atoms. The number of benzene rings is 2. The van der Waals surface area contributed by atoms with E-state index in [1.54, 1.807) is 23.8 Å². The molecule has 2 aromatic carbocycles. The summed E-state index contributed by atoms with van der Waals surface area (Å²) in [6, 6.07) is 15.4. The highest BCUT2D eigenvalue weighted by Gasteiger charge is 2.24. The van der Waals surface area contributed by atoms with Gasteiger partial charge in [0.2, 0.25) is 0 Å². The van der Waals surface area contributed by atoms with Crippen LogP contribution in [0, 0.1) is 0 Å². The molecular weight excluding hydrogens is 506 g/mol. The molecule has 40 heavy (non-hydrogen) atoms. The Morgan fingerprint density at radius 3 is 2.48 bits per heavy atom. The molecule has 2 heterocycles. The Bertz CT molecular complexity index is 1640. The van der Waals surface area contributed by atoms with Crippen molar-refractivity contribution in [2.45, 2.75) is 38.8 Å². The van der Waals surface area contributed by atoms with Crippen LogP contribution < -0.4 is 16.6 Å². The predicted octanol–water partition coefficient (Wildman–Crippen LogP) is 5.02. The second-order valence-electron chi connectivity index (χ2n) is 9.23. The lowest BCUT2D eigenvalue weighted by Gasteiger charge is -2.20. The number of hydrogen-bond acceptors (Lipinski definition) is 7. The van der Waals surface area contributed by atoms with Crippen LogP contribution in [0.15, 0.2) is 99.6 Å². The van der Waals surface area contributed by atoms with Gasteiger partial charge >= 0.3 is 5.76 Å². The number of aliphatic hydroxyl groups is 1. The van der Waals surface area contributed by atoms with Gasteiger partial charge in [0.05, 0.1) is 12.1 Å². The lowest BCUT2D eigenvalue weighted by Crippen LogP contribution is -2.32. The van der Waals surface area contributed by atoms with Gasteiger partial charge in [-0.3, -0.25) is 18.9 Å². The lowest BCUT2D eigenvalue weighted by atomic mass is 9.98. The third kappa shape index (κ3) is 5.94. The summed E-state index contributed by atoms with van der Waals surface area (Å²) in [5.74, 6) is 0.717. The van der Waals surface area contributed by atoms with E-state index in [2.05, 4.69) is 40.1 Å². The van der Waals surface area contributed by atoms with Crippen LogP contribution in [0.3, 0.4) is 0 Å². The van der Waals surface area contributed by atoms with Crippen LogP contribution in [0.2, 0.25) is 0 Å². The number of hydrogen-bond donors (Lipinski definition) is 3. The molecule has 0 aliphatic rings. The maximum absolute atomic E-state index is 13.9. The van der Waals surface area contributed by atoms with Gasteiger partial charge in [-0.25, -0.2) is 9.78 Å². The summed E-state index contributed by atoms with van der Waals surface area (Å²) in [6.07, 6.45) is 5.89. The Morgan fingerprint density at radius 1 is 1.15 bits per heavy atom. The maximum Gasteiger partial charge on any atom is 0.439 e. The SMILES string of the molecule is C=C/C=C(\C=C)C(O)c1c(NC)nc(CCCC)n(Cc2ccc(-c3ccccc3-c3noc(=O)[nH]3)cc2)c1=O. The third-order valence-electron chi connectivity index (χ3n) is 6.64. The van der Waals surface area contributed by atoms with E-state index in [0.717, 1.165) is 35.1 Å². The van der Waals surface area contributed by atoms with E-state index in [4.69, 9.17) is 4.98 Å². The van der Waals surface area contributed by atoms with Crippen LogP contribution in [0.4, 0.5) is 5.82 Å². The van der Waals surface area contributed by atoms with Crippen LogP contribution in [0.5, 0.6) is 0 Å². The number of unbranched alkanes of at least 4 members (excludes halogenated alkanes) is 1. The van der Waals surface area contributed by atoms with Crippen molar-refractivity contribution in [1.82, 2.24) is 19.7 Å². The van der Waals surface area contributed by atoms with Crippen molar-refractivity contribution in [2.75, 3.05) is 12.4 Å². The molecule has 0 fully saturated rings. The van der Waals surface area contributed by atoms with Gasteiger partial charge in [0.25, 0.3) is 5.56 Å². The second kappa shape index (κ2) is 12.9. The minimum atomic E-state index is -1.22. The minimum absolute atomic E-state index is 0.155. The fourth-order valence-electron chi connectivity index (χ4n) is 4.57. The van der Waals surface area contributed by atoms with Gasteiger partial charge in [0.1, 0.15) is 17.7 Å². The number of aryl methyl sites for hydroxylation is 1. The summed E-state index contributed by atoms with van der Waals surface area (Å²) < 4.78 is 6.32. The number of aromatic amines is 1. The predicted molar refractivity (Wildman–Crippen MR) is 157 cm³/mol. The van der Waals surface area contributed by atoms with Gasteiger partial charge in [-0.05, 0) is 28.7 Å². The number of allylic oxidation sites excluding steroid dienone is 2. The molecule has 0 radical (unpaired) electrons. The Kier molecular flexibility index (Phi) is 9.08. The van der Waals surface area contributed by atoms with E-state index >= 15 is 0 Å². The first-order valence-electron chi connectivity index (χ1n) is 13.1. The van der Waals surface area contributed by atoms with Crippen LogP contribution >= 0.6 is 0 Å². The molecule has 4 rings (SSSR count). The Morgan fingerprint density at radius 2 is 1.88 bits per heavy atom.